The van der Waals surface area contributed by atoms with Crippen molar-refractivity contribution in [3.63, 3.8) is 0 Å². The van der Waals surface area contributed by atoms with Crippen LogP contribution in [0.2, 0.25) is 0 Å². The van der Waals surface area contributed by atoms with Crippen molar-refractivity contribution in [1.29, 1.82) is 0 Å². The summed E-state index contributed by atoms with van der Waals surface area (Å²) < 4.78 is 5.22. The van der Waals surface area contributed by atoms with Crippen molar-refractivity contribution in [2.75, 3.05) is 0 Å². The van der Waals surface area contributed by atoms with Crippen LogP contribution in [0.1, 0.15) is 11.3 Å². The van der Waals surface area contributed by atoms with E-state index < -0.39 is 5.63 Å². The Hall–Kier alpha value is -2.68. The summed E-state index contributed by atoms with van der Waals surface area (Å²) in [6.45, 7) is 0. The van der Waals surface area contributed by atoms with E-state index in [0.29, 0.717) is 17.6 Å². The number of hydrogen-bond acceptors (Lipinski definition) is 3. The molecule has 0 N–H and O–H groups in total. The molecule has 0 radical (unpaired) electrons. The Bertz CT molecular complexity index is 832. The van der Waals surface area contributed by atoms with Crippen LogP contribution in [0, 0.1) is 0 Å². The maximum absolute atomic E-state index is 12.1. The minimum atomic E-state index is -0.393. The molecule has 0 aliphatic heterocycles. The van der Waals surface area contributed by atoms with Gasteiger partial charge in [-0.25, -0.2) is 4.79 Å². The van der Waals surface area contributed by atoms with Crippen LogP contribution in [0.25, 0.3) is 10.8 Å². The average molecular weight is 278 g/mol. The molecule has 0 fully saturated rings. The number of hydrogen-bond donors (Lipinski definition) is 0. The first-order chi connectivity index (χ1) is 10.2. The SMILES string of the molecule is O=C(Cc1ccccc1)Cc1cc2ccccc2c(=O)o1. The van der Waals surface area contributed by atoms with Crippen LogP contribution < -0.4 is 5.63 Å². The lowest BCUT2D eigenvalue weighted by atomic mass is 10.1. The lowest BCUT2D eigenvalue weighted by Gasteiger charge is -2.03. The smallest absolute Gasteiger partial charge is 0.343 e. The molecule has 0 saturated heterocycles. The van der Waals surface area contributed by atoms with Gasteiger partial charge >= 0.3 is 5.63 Å². The van der Waals surface area contributed by atoms with Gasteiger partial charge in [0.25, 0.3) is 0 Å². The topological polar surface area (TPSA) is 47.3 Å². The van der Waals surface area contributed by atoms with E-state index in [1.165, 1.54) is 0 Å². The van der Waals surface area contributed by atoms with Gasteiger partial charge in [0, 0.05) is 6.42 Å². The standard InChI is InChI=1S/C18H14O3/c19-15(10-13-6-2-1-3-7-13)12-16-11-14-8-4-5-9-17(14)18(20)21-16/h1-9,11H,10,12H2. The number of ketones is 1. The summed E-state index contributed by atoms with van der Waals surface area (Å²) in [5.41, 5.74) is 0.571. The lowest BCUT2D eigenvalue weighted by molar-refractivity contribution is -0.118. The first-order valence-corrected chi connectivity index (χ1v) is 6.80. The van der Waals surface area contributed by atoms with E-state index in [1.807, 2.05) is 42.5 Å². The fraction of sp³-hybridized carbons (Fsp3) is 0.111. The van der Waals surface area contributed by atoms with Crippen molar-refractivity contribution in [3.8, 4) is 0 Å². The second-order valence-corrected chi connectivity index (χ2v) is 4.97. The molecule has 1 heterocycles. The number of carbonyl (C=O) groups is 1. The molecule has 0 unspecified atom stereocenters. The fourth-order valence-electron chi connectivity index (χ4n) is 2.35. The number of fused-ring (bicyclic) bond motifs is 1. The Balaban J connectivity index is 1.82. The molecule has 0 saturated carbocycles. The Morgan fingerprint density at radius 1 is 0.905 bits per heavy atom. The average Bonchev–Trinajstić information content (AvgIpc) is 2.48. The maximum Gasteiger partial charge on any atom is 0.343 e. The highest BCUT2D eigenvalue weighted by Gasteiger charge is 2.09. The highest BCUT2D eigenvalue weighted by molar-refractivity contribution is 5.85. The summed E-state index contributed by atoms with van der Waals surface area (Å²) in [5, 5.41) is 1.34. The first-order valence-electron chi connectivity index (χ1n) is 6.80. The molecule has 0 atom stereocenters. The molecule has 0 aliphatic carbocycles. The predicted molar refractivity (Wildman–Crippen MR) is 81.3 cm³/mol. The van der Waals surface area contributed by atoms with Crippen LogP contribution in [0.5, 0.6) is 0 Å². The summed E-state index contributed by atoms with van der Waals surface area (Å²) in [5.74, 6) is 0.444. The molecule has 21 heavy (non-hydrogen) atoms. The molecule has 0 amide bonds. The van der Waals surface area contributed by atoms with Gasteiger partial charge in [0.2, 0.25) is 0 Å². The fourth-order valence-corrected chi connectivity index (χ4v) is 2.35. The van der Waals surface area contributed by atoms with E-state index >= 15 is 0 Å². The molecule has 0 spiro atoms. The largest absolute Gasteiger partial charge is 0.427 e. The third-order valence-electron chi connectivity index (χ3n) is 3.34. The zero-order chi connectivity index (χ0) is 14.7. The van der Waals surface area contributed by atoms with Crippen LogP contribution in [-0.4, -0.2) is 5.78 Å². The van der Waals surface area contributed by atoms with Gasteiger partial charge in [0.05, 0.1) is 11.8 Å². The second-order valence-electron chi connectivity index (χ2n) is 4.97. The van der Waals surface area contributed by atoms with Gasteiger partial charge in [-0.3, -0.25) is 4.79 Å². The van der Waals surface area contributed by atoms with Gasteiger partial charge in [-0.15, -0.1) is 0 Å². The van der Waals surface area contributed by atoms with Crippen molar-refractivity contribution in [2.45, 2.75) is 12.8 Å². The van der Waals surface area contributed by atoms with Crippen molar-refractivity contribution < 1.29 is 9.21 Å². The second kappa shape index (κ2) is 5.75. The quantitative estimate of drug-likeness (QED) is 0.736. The van der Waals surface area contributed by atoms with Crippen LogP contribution in [0.3, 0.4) is 0 Å². The molecule has 104 valence electrons. The Morgan fingerprint density at radius 3 is 2.43 bits per heavy atom. The summed E-state index contributed by atoms with van der Waals surface area (Å²) in [6.07, 6.45) is 0.479. The molecular weight excluding hydrogens is 264 g/mol. The predicted octanol–water partition coefficient (Wildman–Crippen LogP) is 3.15. The number of rotatable bonds is 4. The molecule has 3 nitrogen and oxygen atoms in total. The number of carbonyl (C=O) groups excluding carboxylic acids is 1. The van der Waals surface area contributed by atoms with Crippen molar-refractivity contribution >= 4 is 16.6 Å². The van der Waals surface area contributed by atoms with E-state index in [2.05, 4.69) is 0 Å². The molecule has 0 aliphatic rings. The summed E-state index contributed by atoms with van der Waals surface area (Å²) in [6, 6.07) is 18.5. The Labute approximate surface area is 121 Å². The minimum absolute atomic E-state index is 0.0274. The highest BCUT2D eigenvalue weighted by Crippen LogP contribution is 2.13. The normalized spacial score (nSPS) is 10.7. The number of benzene rings is 2. The Kier molecular flexibility index (Phi) is 3.65. The van der Waals surface area contributed by atoms with Gasteiger partial charge in [0.1, 0.15) is 11.5 Å². The van der Waals surface area contributed by atoms with Crippen molar-refractivity contribution in [2.24, 2.45) is 0 Å². The van der Waals surface area contributed by atoms with Crippen molar-refractivity contribution in [3.05, 3.63) is 82.4 Å². The maximum atomic E-state index is 12.1. The molecular formula is C18H14O3. The van der Waals surface area contributed by atoms with E-state index in [1.54, 1.807) is 18.2 Å². The van der Waals surface area contributed by atoms with Gasteiger partial charge < -0.3 is 4.42 Å². The highest BCUT2D eigenvalue weighted by atomic mass is 16.4. The van der Waals surface area contributed by atoms with Crippen LogP contribution >= 0.6 is 0 Å². The number of Topliss-reactive ketones (excluding diaryl/α,β-unsaturated/α-hetero) is 1. The van der Waals surface area contributed by atoms with E-state index in [-0.39, 0.29) is 12.2 Å². The molecule has 3 aromatic rings. The zero-order valence-electron chi connectivity index (χ0n) is 11.4. The molecule has 3 heteroatoms. The summed E-state index contributed by atoms with van der Waals surface area (Å²) >= 11 is 0. The third-order valence-corrected chi connectivity index (χ3v) is 3.34. The molecule has 0 bridgehead atoms. The minimum Gasteiger partial charge on any atom is -0.427 e. The first kappa shape index (κ1) is 13.3. The summed E-state index contributed by atoms with van der Waals surface area (Å²) in [7, 11) is 0. The van der Waals surface area contributed by atoms with Gasteiger partial charge in [-0.2, -0.15) is 0 Å². The zero-order valence-corrected chi connectivity index (χ0v) is 11.4. The van der Waals surface area contributed by atoms with Crippen LogP contribution in [-0.2, 0) is 17.6 Å². The lowest BCUT2D eigenvalue weighted by Crippen LogP contribution is -2.09. The molecule has 1 aromatic heterocycles. The third kappa shape index (κ3) is 3.08. The van der Waals surface area contributed by atoms with Gasteiger partial charge in [-0.05, 0) is 23.1 Å². The van der Waals surface area contributed by atoms with Gasteiger partial charge in [0.15, 0.2) is 0 Å². The van der Waals surface area contributed by atoms with Crippen LogP contribution in [0.15, 0.2) is 69.9 Å². The van der Waals surface area contributed by atoms with Crippen molar-refractivity contribution in [1.82, 2.24) is 0 Å². The van der Waals surface area contributed by atoms with Gasteiger partial charge in [-0.1, -0.05) is 48.5 Å². The van der Waals surface area contributed by atoms with E-state index in [4.69, 9.17) is 4.42 Å². The molecule has 2 aromatic carbocycles. The summed E-state index contributed by atoms with van der Waals surface area (Å²) in [4.78, 5) is 23.9. The van der Waals surface area contributed by atoms with E-state index in [9.17, 15) is 9.59 Å². The van der Waals surface area contributed by atoms with Crippen LogP contribution in [0.4, 0.5) is 0 Å². The van der Waals surface area contributed by atoms with E-state index in [0.717, 1.165) is 10.9 Å². The monoisotopic (exact) mass is 278 g/mol. The Morgan fingerprint density at radius 2 is 1.62 bits per heavy atom. The molecule has 3 rings (SSSR count).